The minimum Gasteiger partial charge on any atom is -0.382 e. The molecule has 4 N–H and O–H groups in total. The van der Waals surface area contributed by atoms with Crippen molar-refractivity contribution in [2.24, 2.45) is 10.8 Å². The maximum absolute atomic E-state index is 13.2. The monoisotopic (exact) mass is 321 g/mol. The van der Waals surface area contributed by atoms with Crippen LogP contribution < -0.4 is 11.2 Å². The Kier molecular flexibility index (Phi) is 4.31. The Labute approximate surface area is 128 Å². The molecule has 2 aromatic rings. The van der Waals surface area contributed by atoms with Crippen LogP contribution in [-0.2, 0) is 6.18 Å². The van der Waals surface area contributed by atoms with Crippen molar-refractivity contribution in [1.29, 1.82) is 10.7 Å². The van der Waals surface area contributed by atoms with Crippen LogP contribution in [0.1, 0.15) is 5.56 Å². The molecule has 0 aliphatic heterocycles. The van der Waals surface area contributed by atoms with Gasteiger partial charge in [-0.2, -0.15) is 23.5 Å². The van der Waals surface area contributed by atoms with E-state index in [9.17, 15) is 13.2 Å². The number of anilines is 1. The smallest absolute Gasteiger partial charge is 0.382 e. The molecule has 7 nitrogen and oxygen atoms in total. The van der Waals surface area contributed by atoms with Crippen molar-refractivity contribution in [2.45, 2.75) is 6.18 Å². The molecule has 0 fully saturated rings. The molecule has 0 bridgehead atoms. The molecular weight excluding hydrogens is 311 g/mol. The summed E-state index contributed by atoms with van der Waals surface area (Å²) >= 11 is 0. The van der Waals surface area contributed by atoms with E-state index in [0.29, 0.717) is 0 Å². The van der Waals surface area contributed by atoms with E-state index >= 15 is 0 Å². The highest BCUT2D eigenvalue weighted by molar-refractivity contribution is 6.45. The van der Waals surface area contributed by atoms with Crippen LogP contribution >= 0.6 is 0 Å². The molecule has 0 unspecified atom stereocenters. The number of nitrogens with zero attached hydrogens (tertiary/aromatic N) is 4. The van der Waals surface area contributed by atoms with Crippen LogP contribution in [0.3, 0.4) is 0 Å². The van der Waals surface area contributed by atoms with Crippen molar-refractivity contribution in [3.63, 3.8) is 0 Å². The Morgan fingerprint density at radius 1 is 1.43 bits per heavy atom. The van der Waals surface area contributed by atoms with Gasteiger partial charge in [-0.1, -0.05) is 0 Å². The first-order valence-corrected chi connectivity index (χ1v) is 6.10. The zero-order chi connectivity index (χ0) is 17.0. The number of alkyl halides is 3. The topological polar surface area (TPSA) is 116 Å². The van der Waals surface area contributed by atoms with Crippen molar-refractivity contribution in [1.82, 2.24) is 9.55 Å². The largest absolute Gasteiger partial charge is 0.418 e. The Bertz CT molecular complexity index is 785. The van der Waals surface area contributed by atoms with Crippen LogP contribution in [0.5, 0.6) is 0 Å². The van der Waals surface area contributed by atoms with Gasteiger partial charge in [0.2, 0.25) is 5.71 Å². The Hall–Kier alpha value is -3.35. The Balaban J connectivity index is 2.42. The fraction of sp³-hybridized carbons (Fsp3) is 0.0769. The number of halogens is 3. The minimum atomic E-state index is -4.60. The van der Waals surface area contributed by atoms with E-state index in [0.717, 1.165) is 6.07 Å². The summed E-state index contributed by atoms with van der Waals surface area (Å²) in [6, 6.07) is 4.98. The van der Waals surface area contributed by atoms with Crippen molar-refractivity contribution in [3.05, 3.63) is 42.5 Å². The Morgan fingerprint density at radius 2 is 2.17 bits per heavy atom. The van der Waals surface area contributed by atoms with Gasteiger partial charge in [0, 0.05) is 12.4 Å². The lowest BCUT2D eigenvalue weighted by molar-refractivity contribution is -0.137. The van der Waals surface area contributed by atoms with Gasteiger partial charge in [-0.3, -0.25) is 10.8 Å². The highest BCUT2D eigenvalue weighted by Gasteiger charge is 2.34. The number of aromatic nitrogens is 2. The zero-order valence-corrected chi connectivity index (χ0v) is 11.5. The van der Waals surface area contributed by atoms with Crippen molar-refractivity contribution < 1.29 is 13.2 Å². The summed E-state index contributed by atoms with van der Waals surface area (Å²) in [5.41, 5.74) is 5.94. The van der Waals surface area contributed by atoms with E-state index in [1.54, 1.807) is 6.07 Å². The molecular formula is C13H10F3N7. The van der Waals surface area contributed by atoms with Gasteiger partial charge < -0.3 is 10.3 Å². The third kappa shape index (κ3) is 3.65. The number of nitrogens with two attached hydrogens (primary N) is 1. The molecule has 2 rings (SSSR count). The second-order valence-corrected chi connectivity index (χ2v) is 4.30. The molecule has 10 heteroatoms. The predicted octanol–water partition coefficient (Wildman–Crippen LogP) is 2.12. The van der Waals surface area contributed by atoms with Gasteiger partial charge in [0.1, 0.15) is 6.07 Å². The van der Waals surface area contributed by atoms with Crippen molar-refractivity contribution in [3.8, 4) is 11.8 Å². The molecule has 0 aliphatic rings. The number of rotatable bonds is 4. The molecule has 0 aliphatic carbocycles. The SMILES string of the molecule is N#C/C(=N\Nc1ccc(-n2ccnc2)c(C(F)(F)F)c1)C(=N)N. The summed E-state index contributed by atoms with van der Waals surface area (Å²) in [7, 11) is 0. The number of hydrazone groups is 1. The number of hydrogen-bond acceptors (Lipinski definition) is 5. The van der Waals surface area contributed by atoms with Crippen LogP contribution in [0.4, 0.5) is 18.9 Å². The number of nitriles is 1. The molecule has 0 amide bonds. The molecule has 0 spiro atoms. The van der Waals surface area contributed by atoms with E-state index < -0.39 is 23.3 Å². The first kappa shape index (κ1) is 16.0. The van der Waals surface area contributed by atoms with Crippen LogP contribution in [-0.4, -0.2) is 21.1 Å². The zero-order valence-electron chi connectivity index (χ0n) is 11.5. The summed E-state index contributed by atoms with van der Waals surface area (Å²) in [6.45, 7) is 0. The van der Waals surface area contributed by atoms with Gasteiger partial charge in [-0.15, -0.1) is 0 Å². The van der Waals surface area contributed by atoms with Crippen LogP contribution in [0.15, 0.2) is 42.0 Å². The highest BCUT2D eigenvalue weighted by Crippen LogP contribution is 2.35. The lowest BCUT2D eigenvalue weighted by Gasteiger charge is -2.14. The lowest BCUT2D eigenvalue weighted by Crippen LogP contribution is -2.22. The number of hydrogen-bond donors (Lipinski definition) is 3. The second-order valence-electron chi connectivity index (χ2n) is 4.30. The van der Waals surface area contributed by atoms with Gasteiger partial charge in [0.05, 0.1) is 23.3 Å². The second kappa shape index (κ2) is 6.18. The number of amidine groups is 1. The molecule has 0 saturated heterocycles. The third-order valence-corrected chi connectivity index (χ3v) is 2.74. The van der Waals surface area contributed by atoms with E-state index in [4.69, 9.17) is 16.4 Å². The molecule has 23 heavy (non-hydrogen) atoms. The fourth-order valence-corrected chi connectivity index (χ4v) is 1.73. The first-order valence-electron chi connectivity index (χ1n) is 6.10. The van der Waals surface area contributed by atoms with Crippen molar-refractivity contribution >= 4 is 17.2 Å². The minimum absolute atomic E-state index is 0.00445. The summed E-state index contributed by atoms with van der Waals surface area (Å²) in [6.07, 6.45) is -0.596. The summed E-state index contributed by atoms with van der Waals surface area (Å²) in [5, 5.41) is 19.3. The van der Waals surface area contributed by atoms with Crippen LogP contribution in [0, 0.1) is 16.7 Å². The predicted molar refractivity (Wildman–Crippen MR) is 77.2 cm³/mol. The van der Waals surface area contributed by atoms with Gasteiger partial charge in [-0.05, 0) is 18.2 Å². The Morgan fingerprint density at radius 3 is 2.70 bits per heavy atom. The quantitative estimate of drug-likeness (QED) is 0.454. The molecule has 1 aromatic heterocycles. The summed E-state index contributed by atoms with van der Waals surface area (Å²) in [5.74, 6) is -0.592. The lowest BCUT2D eigenvalue weighted by atomic mass is 10.1. The molecule has 0 radical (unpaired) electrons. The van der Waals surface area contributed by atoms with E-state index in [-0.39, 0.29) is 11.4 Å². The standard InChI is InChI=1S/C13H10F3N7/c14-13(15,16)9-5-8(21-22-10(6-17)12(18)19)1-2-11(9)23-4-3-20-7-23/h1-5,7,21H,(H3,18,19)/b22-10+. The number of nitrogens with one attached hydrogen (secondary N) is 2. The maximum Gasteiger partial charge on any atom is 0.418 e. The van der Waals surface area contributed by atoms with E-state index in [1.807, 2.05) is 0 Å². The molecule has 1 heterocycles. The average Bonchev–Trinajstić information content (AvgIpc) is 3.00. The third-order valence-electron chi connectivity index (χ3n) is 2.74. The average molecular weight is 321 g/mol. The molecule has 1 aromatic carbocycles. The van der Waals surface area contributed by atoms with E-state index in [1.165, 1.54) is 35.4 Å². The van der Waals surface area contributed by atoms with Crippen molar-refractivity contribution in [2.75, 3.05) is 5.43 Å². The van der Waals surface area contributed by atoms with Gasteiger partial charge in [0.15, 0.2) is 5.84 Å². The summed E-state index contributed by atoms with van der Waals surface area (Å²) in [4.78, 5) is 3.72. The first-order chi connectivity index (χ1) is 10.8. The van der Waals surface area contributed by atoms with Gasteiger partial charge >= 0.3 is 6.18 Å². The molecule has 118 valence electrons. The highest BCUT2D eigenvalue weighted by atomic mass is 19.4. The summed E-state index contributed by atoms with van der Waals surface area (Å²) < 4.78 is 40.9. The van der Waals surface area contributed by atoms with Gasteiger partial charge in [0.25, 0.3) is 0 Å². The fourth-order valence-electron chi connectivity index (χ4n) is 1.73. The number of benzene rings is 1. The number of imidazole rings is 1. The van der Waals surface area contributed by atoms with Crippen LogP contribution in [0.2, 0.25) is 0 Å². The molecule has 0 atom stereocenters. The van der Waals surface area contributed by atoms with E-state index in [2.05, 4.69) is 15.5 Å². The van der Waals surface area contributed by atoms with Crippen LogP contribution in [0.25, 0.3) is 5.69 Å². The van der Waals surface area contributed by atoms with Gasteiger partial charge in [-0.25, -0.2) is 4.98 Å². The molecule has 0 saturated carbocycles. The normalized spacial score (nSPS) is 11.8. The maximum atomic E-state index is 13.2.